The zero-order chi connectivity index (χ0) is 15.5. The van der Waals surface area contributed by atoms with Crippen LogP contribution in [0.15, 0.2) is 27.1 Å². The molecule has 0 spiro atoms. The number of nitrogens with one attached hydrogen (secondary N) is 1. The Balaban J connectivity index is 2.41. The van der Waals surface area contributed by atoms with Crippen molar-refractivity contribution in [1.29, 1.82) is 0 Å². The Kier molecular flexibility index (Phi) is 10.7. The van der Waals surface area contributed by atoms with Crippen molar-refractivity contribution in [2.24, 2.45) is 0 Å². The fourth-order valence-electron chi connectivity index (χ4n) is 2.70. The van der Waals surface area contributed by atoms with Crippen LogP contribution in [0.4, 0.5) is 0 Å². The lowest BCUT2D eigenvalue weighted by molar-refractivity contribution is 0.474. The first-order chi connectivity index (χ1) is 10.2. The Labute approximate surface area is 147 Å². The van der Waals surface area contributed by atoms with Gasteiger partial charge in [-0.2, -0.15) is 0 Å². The molecule has 0 fully saturated rings. The van der Waals surface area contributed by atoms with E-state index in [2.05, 4.69) is 69.2 Å². The third kappa shape index (κ3) is 7.80. The topological polar surface area (TPSA) is 12.0 Å². The molecule has 0 aromatic heterocycles. The molecule has 0 bridgehead atoms. The molecule has 0 aliphatic rings. The summed E-state index contributed by atoms with van der Waals surface area (Å²) in [4.78, 5) is 0. The second kappa shape index (κ2) is 11.7. The van der Waals surface area contributed by atoms with Gasteiger partial charge in [-0.15, -0.1) is 0 Å². The lowest BCUT2D eigenvalue weighted by Gasteiger charge is -2.20. The van der Waals surface area contributed by atoms with Crippen LogP contribution in [-0.2, 0) is 0 Å². The average molecular weight is 419 g/mol. The number of hydrogen-bond donors (Lipinski definition) is 1. The first kappa shape index (κ1) is 19.2. The monoisotopic (exact) mass is 417 g/mol. The number of benzene rings is 1. The van der Waals surface area contributed by atoms with Gasteiger partial charge in [0.15, 0.2) is 0 Å². The highest BCUT2D eigenvalue weighted by Gasteiger charge is 2.13. The van der Waals surface area contributed by atoms with E-state index in [0.29, 0.717) is 6.04 Å². The van der Waals surface area contributed by atoms with E-state index in [1.807, 2.05) is 0 Å². The normalized spacial score (nSPS) is 12.6. The number of halogens is 2. The zero-order valence-corrected chi connectivity index (χ0v) is 16.6. The molecule has 0 saturated carbocycles. The summed E-state index contributed by atoms with van der Waals surface area (Å²) in [7, 11) is 0. The summed E-state index contributed by atoms with van der Waals surface area (Å²) < 4.78 is 2.36. The van der Waals surface area contributed by atoms with Crippen molar-refractivity contribution in [3.05, 3.63) is 32.7 Å². The summed E-state index contributed by atoms with van der Waals surface area (Å²) in [5.41, 5.74) is 1.37. The Bertz CT molecular complexity index is 393. The minimum absolute atomic E-state index is 0.456. The van der Waals surface area contributed by atoms with Crippen molar-refractivity contribution in [2.45, 2.75) is 71.3 Å². The fraction of sp³-hybridized carbons (Fsp3) is 0.667. The van der Waals surface area contributed by atoms with E-state index < -0.39 is 0 Å². The molecule has 1 rings (SSSR count). The van der Waals surface area contributed by atoms with Gasteiger partial charge in [-0.05, 0) is 36.7 Å². The van der Waals surface area contributed by atoms with Crippen LogP contribution in [0.2, 0.25) is 0 Å². The molecule has 1 aromatic rings. The molecule has 0 radical (unpaired) electrons. The van der Waals surface area contributed by atoms with Gasteiger partial charge in [-0.1, -0.05) is 90.7 Å². The highest BCUT2D eigenvalue weighted by molar-refractivity contribution is 9.11. The molecule has 3 heteroatoms. The highest BCUT2D eigenvalue weighted by Crippen LogP contribution is 2.30. The van der Waals surface area contributed by atoms with Crippen molar-refractivity contribution in [3.63, 3.8) is 0 Å². The summed E-state index contributed by atoms with van der Waals surface area (Å²) in [5, 5.41) is 3.63. The highest BCUT2D eigenvalue weighted by atomic mass is 79.9. The third-order valence-corrected chi connectivity index (χ3v) is 5.10. The molecule has 0 saturated heterocycles. The molecular formula is C18H29Br2N. The first-order valence-electron chi connectivity index (χ1n) is 8.37. The largest absolute Gasteiger partial charge is 0.310 e. The Morgan fingerprint density at radius 2 is 1.62 bits per heavy atom. The number of rotatable bonds is 11. The second-order valence-corrected chi connectivity index (χ2v) is 7.46. The molecule has 1 aromatic carbocycles. The summed E-state index contributed by atoms with van der Waals surface area (Å²) in [5.74, 6) is 0. The lowest BCUT2D eigenvalue weighted by Crippen LogP contribution is -2.21. The molecule has 1 atom stereocenters. The lowest BCUT2D eigenvalue weighted by atomic mass is 9.99. The molecule has 1 N–H and O–H groups in total. The molecule has 1 nitrogen and oxygen atoms in total. The average Bonchev–Trinajstić information content (AvgIpc) is 2.48. The van der Waals surface area contributed by atoms with Crippen LogP contribution in [-0.4, -0.2) is 6.54 Å². The van der Waals surface area contributed by atoms with Gasteiger partial charge in [0.2, 0.25) is 0 Å². The molecule has 1 unspecified atom stereocenters. The minimum Gasteiger partial charge on any atom is -0.310 e. The first-order valence-corrected chi connectivity index (χ1v) is 9.96. The maximum atomic E-state index is 3.69. The third-order valence-electron chi connectivity index (χ3n) is 3.88. The van der Waals surface area contributed by atoms with E-state index in [1.54, 1.807) is 0 Å². The Morgan fingerprint density at radius 1 is 0.952 bits per heavy atom. The van der Waals surface area contributed by atoms with Gasteiger partial charge in [0.25, 0.3) is 0 Å². The summed E-state index contributed by atoms with van der Waals surface area (Å²) >= 11 is 7.28. The molecule has 120 valence electrons. The molecule has 0 heterocycles. The molecule has 0 amide bonds. The van der Waals surface area contributed by atoms with E-state index in [9.17, 15) is 0 Å². The van der Waals surface area contributed by atoms with Gasteiger partial charge >= 0.3 is 0 Å². The van der Waals surface area contributed by atoms with Crippen molar-refractivity contribution in [1.82, 2.24) is 5.32 Å². The van der Waals surface area contributed by atoms with E-state index in [1.165, 1.54) is 61.4 Å². The number of hydrogen-bond acceptors (Lipinski definition) is 1. The summed E-state index contributed by atoms with van der Waals surface area (Å²) in [6.07, 6.45) is 10.8. The Hall–Kier alpha value is 0.140. The van der Waals surface area contributed by atoms with Crippen LogP contribution in [0.1, 0.15) is 76.8 Å². The van der Waals surface area contributed by atoms with E-state index in [0.717, 1.165) is 11.0 Å². The minimum atomic E-state index is 0.456. The van der Waals surface area contributed by atoms with Crippen LogP contribution < -0.4 is 5.32 Å². The van der Waals surface area contributed by atoms with Crippen molar-refractivity contribution in [3.8, 4) is 0 Å². The molecule has 0 aliphatic carbocycles. The predicted octanol–water partition coefficient (Wildman–Crippen LogP) is 7.00. The van der Waals surface area contributed by atoms with Crippen LogP contribution in [0.5, 0.6) is 0 Å². The number of unbranched alkanes of at least 4 members (excludes halogenated alkanes) is 6. The fourth-order valence-corrected chi connectivity index (χ4v) is 3.60. The van der Waals surface area contributed by atoms with Gasteiger partial charge < -0.3 is 5.32 Å². The standard InChI is InChI=1S/C18H29Br2N/c1-3-5-6-7-8-9-10-11-18(21-4-2)16-14-15(19)12-13-17(16)20/h12-14,18,21H,3-11H2,1-2H3. The predicted molar refractivity (Wildman–Crippen MR) is 101 cm³/mol. The van der Waals surface area contributed by atoms with Crippen LogP contribution >= 0.6 is 31.9 Å². The molecular weight excluding hydrogens is 390 g/mol. The van der Waals surface area contributed by atoms with Crippen LogP contribution in [0, 0.1) is 0 Å². The van der Waals surface area contributed by atoms with Gasteiger partial charge in [0.05, 0.1) is 0 Å². The van der Waals surface area contributed by atoms with Crippen LogP contribution in [0.3, 0.4) is 0 Å². The van der Waals surface area contributed by atoms with Gasteiger partial charge in [-0.25, -0.2) is 0 Å². The van der Waals surface area contributed by atoms with Gasteiger partial charge in [0, 0.05) is 15.0 Å². The summed E-state index contributed by atoms with van der Waals surface area (Å²) in [6, 6.07) is 6.91. The molecule has 0 aliphatic heterocycles. The zero-order valence-electron chi connectivity index (χ0n) is 13.4. The van der Waals surface area contributed by atoms with Gasteiger partial charge in [0.1, 0.15) is 0 Å². The summed E-state index contributed by atoms with van der Waals surface area (Å²) in [6.45, 7) is 5.47. The smallest absolute Gasteiger partial charge is 0.0331 e. The van der Waals surface area contributed by atoms with E-state index in [4.69, 9.17) is 0 Å². The maximum absolute atomic E-state index is 3.69. The van der Waals surface area contributed by atoms with Crippen LogP contribution in [0.25, 0.3) is 0 Å². The van der Waals surface area contributed by atoms with E-state index in [-0.39, 0.29) is 0 Å². The van der Waals surface area contributed by atoms with Gasteiger partial charge in [-0.3, -0.25) is 0 Å². The maximum Gasteiger partial charge on any atom is 0.0331 e. The van der Waals surface area contributed by atoms with E-state index >= 15 is 0 Å². The Morgan fingerprint density at radius 3 is 2.29 bits per heavy atom. The molecule has 21 heavy (non-hydrogen) atoms. The van der Waals surface area contributed by atoms with Crippen molar-refractivity contribution >= 4 is 31.9 Å². The second-order valence-electron chi connectivity index (χ2n) is 5.69. The SMILES string of the molecule is CCCCCCCCCC(NCC)c1cc(Br)ccc1Br. The van der Waals surface area contributed by atoms with Crippen molar-refractivity contribution < 1.29 is 0 Å². The quantitative estimate of drug-likeness (QED) is 0.381. The van der Waals surface area contributed by atoms with Crippen molar-refractivity contribution in [2.75, 3.05) is 6.54 Å².